The molecule has 0 atom stereocenters. The molecule has 3 rings (SSSR count). The van der Waals surface area contributed by atoms with E-state index < -0.39 is 0 Å². The first-order chi connectivity index (χ1) is 11.0. The van der Waals surface area contributed by atoms with Crippen molar-refractivity contribution in [1.82, 2.24) is 0 Å². The molecule has 2 aliphatic carbocycles. The van der Waals surface area contributed by atoms with Gasteiger partial charge in [0, 0.05) is 5.92 Å². The lowest BCUT2D eigenvalue weighted by Gasteiger charge is -2.37. The van der Waals surface area contributed by atoms with Gasteiger partial charge in [0.25, 0.3) is 0 Å². The standard InChI is InChI=1S/C21H29FO/c1-14-3-6-16(7-4-14)17-8-10-18(11-9-17)21(23)19-12-5-15(2)13-20(19)22/h5,12-14,16-18H,3-4,6-11H2,1-2H3. The molecule has 1 aromatic rings. The van der Waals surface area contributed by atoms with Crippen LogP contribution in [0.3, 0.4) is 0 Å². The van der Waals surface area contributed by atoms with Crippen molar-refractivity contribution in [2.45, 2.75) is 65.2 Å². The molecule has 2 saturated carbocycles. The number of carbonyl (C=O) groups is 1. The molecule has 1 aromatic carbocycles. The minimum Gasteiger partial charge on any atom is -0.294 e. The van der Waals surface area contributed by atoms with Gasteiger partial charge in [-0.3, -0.25) is 4.79 Å². The predicted octanol–water partition coefficient (Wildman–Crippen LogP) is 5.95. The fraction of sp³-hybridized carbons (Fsp3) is 0.667. The summed E-state index contributed by atoms with van der Waals surface area (Å²) in [6, 6.07) is 4.98. The summed E-state index contributed by atoms with van der Waals surface area (Å²) in [7, 11) is 0. The smallest absolute Gasteiger partial charge is 0.168 e. The van der Waals surface area contributed by atoms with Crippen molar-refractivity contribution in [2.24, 2.45) is 23.7 Å². The fourth-order valence-electron chi connectivity index (χ4n) is 4.65. The number of benzene rings is 1. The molecule has 0 aliphatic heterocycles. The highest BCUT2D eigenvalue weighted by Gasteiger charge is 2.33. The molecule has 0 radical (unpaired) electrons. The highest BCUT2D eigenvalue weighted by molar-refractivity contribution is 5.98. The number of rotatable bonds is 3. The van der Waals surface area contributed by atoms with Crippen LogP contribution in [0.15, 0.2) is 18.2 Å². The fourth-order valence-corrected chi connectivity index (χ4v) is 4.65. The molecule has 23 heavy (non-hydrogen) atoms. The molecule has 0 bridgehead atoms. The number of carbonyl (C=O) groups excluding carboxylic acids is 1. The Morgan fingerprint density at radius 3 is 2.09 bits per heavy atom. The first kappa shape index (κ1) is 16.7. The molecule has 2 fully saturated rings. The minimum absolute atomic E-state index is 0.0261. The van der Waals surface area contributed by atoms with Crippen molar-refractivity contribution in [3.05, 3.63) is 35.1 Å². The van der Waals surface area contributed by atoms with Crippen molar-refractivity contribution in [3.63, 3.8) is 0 Å². The van der Waals surface area contributed by atoms with Crippen LogP contribution in [-0.4, -0.2) is 5.78 Å². The van der Waals surface area contributed by atoms with Crippen molar-refractivity contribution in [2.75, 3.05) is 0 Å². The Labute approximate surface area is 139 Å². The van der Waals surface area contributed by atoms with E-state index in [1.165, 1.54) is 31.7 Å². The second-order valence-electron chi connectivity index (χ2n) is 7.98. The molecule has 0 aromatic heterocycles. The average Bonchev–Trinajstić information content (AvgIpc) is 2.55. The number of ketones is 1. The predicted molar refractivity (Wildman–Crippen MR) is 92.0 cm³/mol. The third-order valence-corrected chi connectivity index (χ3v) is 6.26. The molecule has 0 spiro atoms. The van der Waals surface area contributed by atoms with Gasteiger partial charge in [-0.25, -0.2) is 4.39 Å². The summed E-state index contributed by atoms with van der Waals surface area (Å²) in [5.74, 6) is 2.28. The summed E-state index contributed by atoms with van der Waals surface area (Å²) in [5, 5.41) is 0. The van der Waals surface area contributed by atoms with Gasteiger partial charge < -0.3 is 0 Å². The maximum absolute atomic E-state index is 14.0. The van der Waals surface area contributed by atoms with Crippen LogP contribution < -0.4 is 0 Å². The van der Waals surface area contributed by atoms with Crippen LogP contribution >= 0.6 is 0 Å². The number of hydrogen-bond acceptors (Lipinski definition) is 1. The molecule has 0 heterocycles. The zero-order valence-corrected chi connectivity index (χ0v) is 14.5. The second-order valence-corrected chi connectivity index (χ2v) is 7.98. The number of Topliss-reactive ketones (excluding diaryl/α,β-unsaturated/α-hetero) is 1. The SMILES string of the molecule is Cc1ccc(C(=O)C2CCC(C3CCC(C)CC3)CC2)c(F)c1. The lowest BCUT2D eigenvalue weighted by molar-refractivity contribution is 0.0828. The van der Waals surface area contributed by atoms with Crippen LogP contribution in [0.5, 0.6) is 0 Å². The molecule has 0 unspecified atom stereocenters. The van der Waals surface area contributed by atoms with Crippen LogP contribution in [-0.2, 0) is 0 Å². The molecule has 2 heteroatoms. The summed E-state index contributed by atoms with van der Waals surface area (Å²) in [6.07, 6.45) is 9.70. The van der Waals surface area contributed by atoms with E-state index in [1.54, 1.807) is 6.07 Å². The molecule has 126 valence electrons. The zero-order valence-electron chi connectivity index (χ0n) is 14.5. The van der Waals surface area contributed by atoms with E-state index in [9.17, 15) is 9.18 Å². The zero-order chi connectivity index (χ0) is 16.4. The van der Waals surface area contributed by atoms with Crippen LogP contribution in [0, 0.1) is 36.4 Å². The Bertz CT molecular complexity index is 549. The molecule has 0 saturated heterocycles. The summed E-state index contributed by atoms with van der Waals surface area (Å²) in [4.78, 5) is 12.6. The van der Waals surface area contributed by atoms with Gasteiger partial charge in [-0.05, 0) is 80.9 Å². The first-order valence-corrected chi connectivity index (χ1v) is 9.35. The van der Waals surface area contributed by atoms with E-state index in [-0.39, 0.29) is 17.5 Å². The van der Waals surface area contributed by atoms with Crippen LogP contribution in [0.4, 0.5) is 4.39 Å². The average molecular weight is 316 g/mol. The third-order valence-electron chi connectivity index (χ3n) is 6.26. The van der Waals surface area contributed by atoms with E-state index in [1.807, 2.05) is 13.0 Å². The van der Waals surface area contributed by atoms with Gasteiger partial charge in [-0.2, -0.15) is 0 Å². The maximum Gasteiger partial charge on any atom is 0.168 e. The Kier molecular flexibility index (Phi) is 5.18. The van der Waals surface area contributed by atoms with Crippen molar-refractivity contribution >= 4 is 5.78 Å². The van der Waals surface area contributed by atoms with Gasteiger partial charge in [-0.15, -0.1) is 0 Å². The second kappa shape index (κ2) is 7.15. The third kappa shape index (κ3) is 3.84. The number of aryl methyl sites for hydroxylation is 1. The van der Waals surface area contributed by atoms with Gasteiger partial charge >= 0.3 is 0 Å². The quantitative estimate of drug-likeness (QED) is 0.630. The summed E-state index contributed by atoms with van der Waals surface area (Å²) in [6.45, 7) is 4.22. The van der Waals surface area contributed by atoms with Gasteiger partial charge in [0.15, 0.2) is 5.78 Å². The Hall–Kier alpha value is -1.18. The molecule has 1 nitrogen and oxygen atoms in total. The van der Waals surface area contributed by atoms with Crippen LogP contribution in [0.25, 0.3) is 0 Å². The largest absolute Gasteiger partial charge is 0.294 e. The van der Waals surface area contributed by atoms with Gasteiger partial charge in [0.05, 0.1) is 5.56 Å². The van der Waals surface area contributed by atoms with Crippen molar-refractivity contribution in [3.8, 4) is 0 Å². The topological polar surface area (TPSA) is 17.1 Å². The van der Waals surface area contributed by atoms with Crippen molar-refractivity contribution in [1.29, 1.82) is 0 Å². The van der Waals surface area contributed by atoms with Gasteiger partial charge in [0.2, 0.25) is 0 Å². The lowest BCUT2D eigenvalue weighted by Crippen LogP contribution is -2.28. The van der Waals surface area contributed by atoms with E-state index in [0.29, 0.717) is 5.56 Å². The molecular formula is C21H29FO. The van der Waals surface area contributed by atoms with E-state index in [0.717, 1.165) is 49.0 Å². The first-order valence-electron chi connectivity index (χ1n) is 9.35. The Morgan fingerprint density at radius 2 is 1.52 bits per heavy atom. The summed E-state index contributed by atoms with van der Waals surface area (Å²) >= 11 is 0. The number of halogens is 1. The molecule has 2 aliphatic rings. The van der Waals surface area contributed by atoms with E-state index >= 15 is 0 Å². The van der Waals surface area contributed by atoms with Crippen molar-refractivity contribution < 1.29 is 9.18 Å². The summed E-state index contributed by atoms with van der Waals surface area (Å²) < 4.78 is 14.0. The lowest BCUT2D eigenvalue weighted by atomic mass is 9.68. The molecule has 0 N–H and O–H groups in total. The Morgan fingerprint density at radius 1 is 0.957 bits per heavy atom. The van der Waals surface area contributed by atoms with E-state index in [2.05, 4.69) is 6.92 Å². The molecule has 0 amide bonds. The molecular weight excluding hydrogens is 287 g/mol. The van der Waals surface area contributed by atoms with E-state index in [4.69, 9.17) is 0 Å². The Balaban J connectivity index is 1.57. The van der Waals surface area contributed by atoms with Crippen LogP contribution in [0.1, 0.15) is 74.2 Å². The highest BCUT2D eigenvalue weighted by atomic mass is 19.1. The number of hydrogen-bond donors (Lipinski definition) is 0. The van der Waals surface area contributed by atoms with Crippen LogP contribution in [0.2, 0.25) is 0 Å². The monoisotopic (exact) mass is 316 g/mol. The van der Waals surface area contributed by atoms with Gasteiger partial charge in [-0.1, -0.05) is 25.8 Å². The maximum atomic E-state index is 14.0. The normalized spacial score (nSPS) is 31.8. The minimum atomic E-state index is -0.349. The summed E-state index contributed by atoms with van der Waals surface area (Å²) in [5.41, 5.74) is 1.17. The van der Waals surface area contributed by atoms with Gasteiger partial charge in [0.1, 0.15) is 5.82 Å². The highest BCUT2D eigenvalue weighted by Crippen LogP contribution is 2.41.